The van der Waals surface area contributed by atoms with E-state index in [9.17, 15) is 0 Å². The fraction of sp³-hybridized carbons (Fsp3) is 0.0769. The molecule has 12 aromatic carbocycles. The molecule has 0 saturated carbocycles. The van der Waals surface area contributed by atoms with Crippen molar-refractivity contribution in [3.63, 3.8) is 0 Å². The van der Waals surface area contributed by atoms with Gasteiger partial charge in [-0.1, -0.05) is 146 Å². The van der Waals surface area contributed by atoms with E-state index in [2.05, 4.69) is 0 Å². The third-order valence-corrected chi connectivity index (χ3v) is 23.7. The van der Waals surface area contributed by atoms with E-state index in [4.69, 9.17) is 151 Å². The van der Waals surface area contributed by atoms with Crippen molar-refractivity contribution in [1.82, 2.24) is 0 Å². The van der Waals surface area contributed by atoms with Gasteiger partial charge < -0.3 is 151 Å². The fourth-order valence-electron chi connectivity index (χ4n) is 15.9. The predicted molar refractivity (Wildman–Crippen MR) is 515 cm³/mol. The van der Waals surface area contributed by atoms with E-state index in [0.29, 0.717) is 132 Å². The quantitative estimate of drug-likeness (QED) is 0.0545. The molecule has 0 aromatic heterocycles. The van der Waals surface area contributed by atoms with Gasteiger partial charge >= 0.3 is 128 Å². The zero-order valence-corrected chi connectivity index (χ0v) is 69.5. The van der Waals surface area contributed by atoms with E-state index in [1.54, 1.807) is 146 Å². The minimum Gasteiger partial charge on any atom is -0.445 e. The van der Waals surface area contributed by atoms with Crippen molar-refractivity contribution < 1.29 is 82.3 Å². The van der Waals surface area contributed by atoms with Crippen molar-refractivity contribution in [3.05, 3.63) is 252 Å². The minimum absolute atomic E-state index is 0.238. The molecule has 48 heteroatoms. The molecule has 0 atom stereocenters. The highest BCUT2D eigenvalue weighted by Crippen LogP contribution is 2.26. The lowest BCUT2D eigenvalue weighted by Crippen LogP contribution is -2.63. The summed E-state index contributed by atoms with van der Waals surface area (Å²) in [5, 5.41) is 0. The minimum atomic E-state index is -1.18. The first-order chi connectivity index (χ1) is 60.7. The molecule has 0 unspecified atom stereocenters. The van der Waals surface area contributed by atoms with Gasteiger partial charge in [0.05, 0.1) is 0 Å². The summed E-state index contributed by atoms with van der Waals surface area (Å²) in [5.41, 5.74) is 101. The molecule has 16 aliphatic heterocycles. The Morgan fingerprint density at radius 1 is 0.127 bits per heavy atom. The van der Waals surface area contributed by atoms with E-state index < -0.39 is 128 Å². The number of rotatable bonds is 6. The van der Waals surface area contributed by atoms with Gasteiger partial charge in [0.25, 0.3) is 0 Å². The summed E-state index contributed by atoms with van der Waals surface area (Å²) in [6.07, 6.45) is 0. The summed E-state index contributed by atoms with van der Waals surface area (Å²) >= 11 is 0. The Hall–Kier alpha value is -11.3. The topological polar surface area (TPSA) is 478 Å². The molecule has 6 saturated heterocycles. The highest BCUT2D eigenvalue weighted by Gasteiger charge is 2.53. The van der Waals surface area contributed by atoms with Crippen LogP contribution in [0.5, 0.6) is 0 Å². The van der Waals surface area contributed by atoms with Crippen molar-refractivity contribution >= 4 is 295 Å². The number of hydrogen-bond donors (Lipinski definition) is 12. The van der Waals surface area contributed by atoms with Crippen LogP contribution in [0, 0.1) is 41.5 Å². The predicted octanol–water partition coefficient (Wildman–Crippen LogP) is -5.87. The lowest BCUT2D eigenvalue weighted by Gasteiger charge is -2.34. The van der Waals surface area contributed by atoms with Crippen molar-refractivity contribution in [2.45, 2.75) is 41.5 Å². The first kappa shape index (κ1) is 84.2. The lowest BCUT2D eigenvalue weighted by atomic mass is 9.58. The van der Waals surface area contributed by atoms with Gasteiger partial charge in [-0.3, -0.25) is 0 Å². The third-order valence-electron chi connectivity index (χ3n) is 23.7. The Bertz CT molecular complexity index is 5320. The van der Waals surface area contributed by atoms with E-state index in [0.717, 1.165) is 33.4 Å². The summed E-state index contributed by atoms with van der Waals surface area (Å²) in [5.74, 6) is 0. The van der Waals surface area contributed by atoms with E-state index in [1.807, 2.05) is 114 Å². The monoisotopic (exact) mass is 1670 g/mol. The summed E-state index contributed by atoms with van der Waals surface area (Å²) < 4.78 is 122. The van der Waals surface area contributed by atoms with Gasteiger partial charge in [0.2, 0.25) is 0 Å². The Morgan fingerprint density at radius 2 is 0.222 bits per heavy atom. The Balaban J connectivity index is 0.715. The summed E-state index contributed by atoms with van der Waals surface area (Å²) in [4.78, 5) is 0. The molecule has 6 fully saturated rings. The van der Waals surface area contributed by atoms with E-state index in [1.165, 1.54) is 0 Å². The van der Waals surface area contributed by atoms with Crippen LogP contribution in [0.2, 0.25) is 0 Å². The standard InChI is InChI=1S/C78H78B18N12O18/c1-43-7-13-49(31-67(43)97)79-109-85-55-19-26-62(74(104)37-55)92-116-81(51-15-9-45(3)69(99)33-51)111-87(123-92)57-21-28-64(76(106)39-57)94-118-83(53-17-11-47(5)71(101)35-53)113-89(125-94)59-23-30-66(78(108)41-59)96-120-84(54-18-12-48(6)72(102)36-54)114-90(126-96)60-24-29-65(77(107)42-60)95-119-82(52-16-10-46(4)70(100)34-52)112-88(124-95)58-22-27-63(75(105)40-58)93-117-80(50-14-8-44(2)68(98)32-50)110-86(122-93)56-20-25-61(73(103)38-56)91(115-79)121-85/h7-42H,97-108H2,1-6H3. The maximum absolute atomic E-state index is 7.20. The molecule has 0 spiro atoms. The zero-order chi connectivity index (χ0) is 87.4. The van der Waals surface area contributed by atoms with Gasteiger partial charge in [0, 0.05) is 101 Å². The molecule has 0 radical (unpaired) electrons. The molecule has 16 aliphatic rings. The molecule has 126 heavy (non-hydrogen) atoms. The summed E-state index contributed by atoms with van der Waals surface area (Å²) in [6.45, 7) is 11.4. The van der Waals surface area contributed by atoms with Gasteiger partial charge in [0.1, 0.15) is 0 Å². The first-order valence-corrected chi connectivity index (χ1v) is 41.0. The number of aryl methyl sites for hydroxylation is 6. The Morgan fingerprint density at radius 3 is 0.325 bits per heavy atom. The van der Waals surface area contributed by atoms with Crippen LogP contribution in [0.1, 0.15) is 33.4 Å². The molecule has 0 amide bonds. The first-order valence-electron chi connectivity index (χ1n) is 41.0. The number of hydrogen-bond acceptors (Lipinski definition) is 30. The van der Waals surface area contributed by atoms with Crippen molar-refractivity contribution in [2.24, 2.45) is 0 Å². The molecular weight excluding hydrogens is 1590 g/mol. The summed E-state index contributed by atoms with van der Waals surface area (Å²) in [6, 6.07) is 64.9. The molecule has 24 N–H and O–H groups in total. The van der Waals surface area contributed by atoms with Crippen LogP contribution in [-0.4, -0.2) is 128 Å². The number of benzene rings is 12. The van der Waals surface area contributed by atoms with Gasteiger partial charge in [-0.25, -0.2) is 0 Å². The molecule has 0 aliphatic carbocycles. The van der Waals surface area contributed by atoms with Crippen LogP contribution < -0.4 is 167 Å². The van der Waals surface area contributed by atoms with Crippen LogP contribution in [0.25, 0.3) is 0 Å². The average Bonchev–Trinajstić information content (AvgIpc) is 0.773. The van der Waals surface area contributed by atoms with Gasteiger partial charge in [0.15, 0.2) is 0 Å². The van der Waals surface area contributed by atoms with E-state index >= 15 is 0 Å². The fourth-order valence-corrected chi connectivity index (χ4v) is 15.9. The third kappa shape index (κ3) is 16.9. The maximum Gasteiger partial charge on any atom is 0.469 e. The van der Waals surface area contributed by atoms with Crippen LogP contribution >= 0.6 is 0 Å². The maximum atomic E-state index is 7.20. The number of nitrogen functional groups attached to an aromatic ring is 12. The highest BCUT2D eigenvalue weighted by atomic mass is 16.7. The van der Waals surface area contributed by atoms with Gasteiger partial charge in [-0.15, -0.1) is 0 Å². The average molecular weight is 1670 g/mol. The zero-order valence-electron chi connectivity index (χ0n) is 69.5. The van der Waals surface area contributed by atoms with Crippen LogP contribution in [0.4, 0.5) is 68.2 Å². The molecular formula is C78H78B18N12O18. The second kappa shape index (κ2) is 34.5. The van der Waals surface area contributed by atoms with Gasteiger partial charge in [-0.05, 0) is 213 Å². The molecule has 612 valence electrons. The second-order valence-electron chi connectivity index (χ2n) is 32.5. The smallest absolute Gasteiger partial charge is 0.445 e. The van der Waals surface area contributed by atoms with Crippen molar-refractivity contribution in [1.29, 1.82) is 0 Å². The Labute approximate surface area is 734 Å². The molecule has 16 heterocycles. The molecule has 28 rings (SSSR count). The van der Waals surface area contributed by atoms with Crippen LogP contribution in [0.15, 0.2) is 218 Å². The Kier molecular flexibility index (Phi) is 23.0. The number of anilines is 12. The van der Waals surface area contributed by atoms with Crippen LogP contribution in [-0.2, 0) is 82.3 Å². The van der Waals surface area contributed by atoms with Crippen molar-refractivity contribution in [2.75, 3.05) is 68.8 Å². The summed E-state index contributed by atoms with van der Waals surface area (Å²) in [7, 11) is -20.4. The molecule has 30 nitrogen and oxygen atoms in total. The largest absolute Gasteiger partial charge is 0.469 e. The lowest BCUT2D eigenvalue weighted by molar-refractivity contribution is 0.306. The normalized spacial score (nSPS) is 16.3. The van der Waals surface area contributed by atoms with E-state index in [-0.39, 0.29) is 34.1 Å². The van der Waals surface area contributed by atoms with Gasteiger partial charge in [-0.2, -0.15) is 0 Å². The van der Waals surface area contributed by atoms with Crippen LogP contribution in [0.3, 0.4) is 0 Å². The highest BCUT2D eigenvalue weighted by molar-refractivity contribution is 6.93. The SMILES string of the molecule is Cc1ccc(B2OB3OB(O2)c2ccc(cc2N)B2OB(c4ccc(C)c(N)c4)OB(O2)c2ccc(cc2N)B2OB(c4ccc(C)c(N)c4)OB(O2)c2ccc(cc2N)B2OB(c4ccc(C)c(N)c4)OB(O2)c2ccc(cc2N)B2OB(c4ccc(C)c(N)c4)OB(O2)c2ccc(cc2N)B2OB(c4ccc(C)c(N)c4)OB(O2)c2ccc3cc2N)cc1N. The molecule has 24 bridgehead atoms. The van der Waals surface area contributed by atoms with Crippen molar-refractivity contribution in [3.8, 4) is 0 Å². The molecule has 12 aromatic rings. The number of nitrogens with two attached hydrogens (primary N) is 12. The second-order valence-corrected chi connectivity index (χ2v) is 32.5.